The van der Waals surface area contributed by atoms with Crippen LogP contribution in [0.4, 0.5) is 19.0 Å². The number of rotatable bonds is 6. The van der Waals surface area contributed by atoms with E-state index in [4.69, 9.17) is 5.73 Å². The first kappa shape index (κ1) is 23.0. The van der Waals surface area contributed by atoms with Gasteiger partial charge in [0.1, 0.15) is 11.6 Å². The third-order valence-electron chi connectivity index (χ3n) is 5.33. The number of pyridine rings is 1. The molecule has 1 aliphatic rings. The second-order valence-corrected chi connectivity index (χ2v) is 8.67. The number of piperazine rings is 1. The lowest BCUT2D eigenvalue weighted by Crippen LogP contribution is -2.44. The van der Waals surface area contributed by atoms with Gasteiger partial charge in [0.2, 0.25) is 5.91 Å². The largest absolute Gasteiger partial charge is 0.573 e. The number of halogens is 3. The molecule has 1 amide bonds. The van der Waals surface area contributed by atoms with E-state index in [1.54, 1.807) is 6.20 Å². The molecule has 33 heavy (non-hydrogen) atoms. The van der Waals surface area contributed by atoms with Crippen molar-refractivity contribution in [1.29, 1.82) is 0 Å². The summed E-state index contributed by atoms with van der Waals surface area (Å²) in [5, 5.41) is 2.43. The van der Waals surface area contributed by atoms with Crippen molar-refractivity contribution in [3.05, 3.63) is 58.0 Å². The summed E-state index contributed by atoms with van der Waals surface area (Å²) in [6, 6.07) is 7.43. The van der Waals surface area contributed by atoms with Gasteiger partial charge in [-0.25, -0.2) is 9.97 Å². The maximum absolute atomic E-state index is 12.8. The van der Waals surface area contributed by atoms with Crippen LogP contribution in [0, 0.1) is 0 Å². The lowest BCUT2D eigenvalue weighted by molar-refractivity contribution is -0.274. The van der Waals surface area contributed by atoms with Crippen LogP contribution in [-0.4, -0.2) is 60.4 Å². The molecule has 0 bridgehead atoms. The van der Waals surface area contributed by atoms with E-state index in [0.29, 0.717) is 10.7 Å². The molecule has 2 aromatic heterocycles. The number of ether oxygens (including phenoxy) is 1. The van der Waals surface area contributed by atoms with Crippen molar-refractivity contribution in [2.24, 2.45) is 5.73 Å². The van der Waals surface area contributed by atoms with E-state index in [1.165, 1.54) is 23.5 Å². The van der Waals surface area contributed by atoms with E-state index in [0.717, 1.165) is 43.6 Å². The molecule has 1 saturated heterocycles. The fraction of sp³-hybridized carbons (Fsp3) is 0.318. The molecule has 0 atom stereocenters. The monoisotopic (exact) mass is 477 g/mol. The molecule has 2 N–H and O–H groups in total. The zero-order valence-corrected chi connectivity index (χ0v) is 18.6. The van der Waals surface area contributed by atoms with Crippen molar-refractivity contribution < 1.29 is 22.7 Å². The molecule has 0 saturated carbocycles. The van der Waals surface area contributed by atoms with Crippen LogP contribution in [0.25, 0.3) is 11.3 Å². The first-order valence-corrected chi connectivity index (χ1v) is 11.1. The Morgan fingerprint density at radius 1 is 1.18 bits per heavy atom. The van der Waals surface area contributed by atoms with Crippen LogP contribution in [0.3, 0.4) is 0 Å². The van der Waals surface area contributed by atoms with Crippen LogP contribution in [0.1, 0.15) is 20.9 Å². The molecule has 0 spiro atoms. The third-order valence-corrected chi connectivity index (χ3v) is 6.18. The van der Waals surface area contributed by atoms with Gasteiger partial charge in [-0.1, -0.05) is 0 Å². The number of primary amides is 1. The Hall–Kier alpha value is -3.18. The van der Waals surface area contributed by atoms with Gasteiger partial charge in [0.15, 0.2) is 0 Å². The molecule has 3 heterocycles. The Labute approximate surface area is 192 Å². The van der Waals surface area contributed by atoms with Crippen molar-refractivity contribution in [3.8, 4) is 17.0 Å². The number of hydrogen-bond acceptors (Lipinski definition) is 7. The molecule has 11 heteroatoms. The summed E-state index contributed by atoms with van der Waals surface area (Å²) < 4.78 is 42.6. The number of carbonyl (C=O) groups is 1. The van der Waals surface area contributed by atoms with E-state index in [2.05, 4.69) is 31.6 Å². The number of nitrogens with two attached hydrogens (primary N) is 1. The van der Waals surface area contributed by atoms with Gasteiger partial charge in [-0.15, -0.1) is 24.5 Å². The summed E-state index contributed by atoms with van der Waals surface area (Å²) in [5.74, 6) is -0.251. The third kappa shape index (κ3) is 5.79. The Balaban J connectivity index is 1.56. The minimum Gasteiger partial charge on any atom is -0.405 e. The molecule has 1 aromatic carbocycles. The number of aromatic nitrogens is 2. The minimum atomic E-state index is -4.85. The van der Waals surface area contributed by atoms with Gasteiger partial charge in [0.25, 0.3) is 0 Å². The van der Waals surface area contributed by atoms with Gasteiger partial charge in [0, 0.05) is 60.9 Å². The summed E-state index contributed by atoms with van der Waals surface area (Å²) in [4.78, 5) is 25.1. The number of thiazole rings is 1. The molecule has 0 aliphatic carbocycles. The first-order valence-electron chi connectivity index (χ1n) is 10.2. The Kier molecular flexibility index (Phi) is 6.52. The average Bonchev–Trinajstić information content (AvgIpc) is 3.23. The second-order valence-electron chi connectivity index (χ2n) is 7.73. The first-order chi connectivity index (χ1) is 15.7. The summed E-state index contributed by atoms with van der Waals surface area (Å²) >= 11 is 1.32. The second kappa shape index (κ2) is 9.36. The number of carbonyl (C=O) groups excluding carboxylic acids is 1. The van der Waals surface area contributed by atoms with Gasteiger partial charge in [-0.2, -0.15) is 0 Å². The molecule has 3 aromatic rings. The number of alkyl halides is 3. The lowest BCUT2D eigenvalue weighted by Gasteiger charge is -2.33. The molecule has 7 nitrogen and oxygen atoms in total. The fourth-order valence-electron chi connectivity index (χ4n) is 3.57. The number of nitrogens with zero attached hydrogens (tertiary/aromatic N) is 4. The van der Waals surface area contributed by atoms with Gasteiger partial charge in [0.05, 0.1) is 10.7 Å². The smallest absolute Gasteiger partial charge is 0.405 e. The number of benzene rings is 1. The highest BCUT2D eigenvalue weighted by Gasteiger charge is 2.32. The van der Waals surface area contributed by atoms with Gasteiger partial charge < -0.3 is 20.3 Å². The maximum Gasteiger partial charge on any atom is 0.573 e. The number of hydrogen-bond donors (Lipinski definition) is 1. The topological polar surface area (TPSA) is 84.6 Å². The van der Waals surface area contributed by atoms with E-state index in [-0.39, 0.29) is 23.3 Å². The molecular weight excluding hydrogens is 455 g/mol. The highest BCUT2D eigenvalue weighted by atomic mass is 32.1. The van der Waals surface area contributed by atoms with Crippen molar-refractivity contribution >= 4 is 23.1 Å². The lowest BCUT2D eigenvalue weighted by atomic mass is 10.1. The zero-order valence-electron chi connectivity index (χ0n) is 17.8. The molecule has 0 radical (unpaired) electrons. The van der Waals surface area contributed by atoms with E-state index >= 15 is 0 Å². The Bertz CT molecular complexity index is 1140. The van der Waals surface area contributed by atoms with Crippen LogP contribution < -0.4 is 15.4 Å². The summed E-state index contributed by atoms with van der Waals surface area (Å²) in [6.45, 7) is 3.68. The number of likely N-dealkylation sites (N-methyl/N-ethyl adjacent to an activating group) is 1. The normalized spacial score (nSPS) is 15.0. The number of amides is 1. The predicted molar refractivity (Wildman–Crippen MR) is 120 cm³/mol. The van der Waals surface area contributed by atoms with E-state index in [1.807, 2.05) is 17.5 Å². The number of anilines is 1. The Morgan fingerprint density at radius 2 is 1.94 bits per heavy atom. The van der Waals surface area contributed by atoms with Crippen molar-refractivity contribution in [2.45, 2.75) is 12.8 Å². The fourth-order valence-corrected chi connectivity index (χ4v) is 4.40. The van der Waals surface area contributed by atoms with Crippen LogP contribution in [0.15, 0.2) is 41.9 Å². The minimum absolute atomic E-state index is 0.0631. The molecular formula is C22H22F3N5O2S. The van der Waals surface area contributed by atoms with Crippen LogP contribution in [0.2, 0.25) is 0 Å². The van der Waals surface area contributed by atoms with Crippen LogP contribution in [0.5, 0.6) is 5.75 Å². The molecule has 1 fully saturated rings. The van der Waals surface area contributed by atoms with Crippen molar-refractivity contribution in [2.75, 3.05) is 38.1 Å². The summed E-state index contributed by atoms with van der Waals surface area (Å²) in [5.41, 5.74) is 7.15. The molecule has 174 valence electrons. The highest BCUT2D eigenvalue weighted by Crippen LogP contribution is 2.31. The predicted octanol–water partition coefficient (Wildman–Crippen LogP) is 3.55. The van der Waals surface area contributed by atoms with Crippen LogP contribution in [-0.2, 0) is 6.42 Å². The summed E-state index contributed by atoms with van der Waals surface area (Å²) in [6.07, 6.45) is -3.06. The maximum atomic E-state index is 12.8. The molecule has 4 rings (SSSR count). The SMILES string of the molecule is CN1CCN(c2cc(-c3csc(Cc4cc(C(N)=O)ccc4OC(F)(F)F)n3)ccn2)CC1. The zero-order chi connectivity index (χ0) is 23.6. The van der Waals surface area contributed by atoms with Crippen molar-refractivity contribution in [1.82, 2.24) is 14.9 Å². The van der Waals surface area contributed by atoms with E-state index in [9.17, 15) is 18.0 Å². The van der Waals surface area contributed by atoms with Gasteiger partial charge >= 0.3 is 6.36 Å². The quantitative estimate of drug-likeness (QED) is 0.585. The Morgan fingerprint density at radius 3 is 2.64 bits per heavy atom. The summed E-state index contributed by atoms with van der Waals surface area (Å²) in [7, 11) is 2.09. The molecule has 1 aliphatic heterocycles. The van der Waals surface area contributed by atoms with E-state index < -0.39 is 12.3 Å². The van der Waals surface area contributed by atoms with Gasteiger partial charge in [-0.3, -0.25) is 4.79 Å². The standard InChI is InChI=1S/C22H22F3N5O2S/c1-29-6-8-30(9-7-29)19-11-14(4-5-27-19)17-13-33-20(28-17)12-16-10-15(21(26)31)2-3-18(16)32-22(23,24)25/h2-5,10-11,13H,6-9,12H2,1H3,(H2,26,31). The van der Waals surface area contributed by atoms with Crippen molar-refractivity contribution in [3.63, 3.8) is 0 Å². The molecule has 0 unspecified atom stereocenters. The van der Waals surface area contributed by atoms with Crippen LogP contribution >= 0.6 is 11.3 Å². The van der Waals surface area contributed by atoms with Gasteiger partial charge in [-0.05, 0) is 37.4 Å². The average molecular weight is 478 g/mol. The highest BCUT2D eigenvalue weighted by molar-refractivity contribution is 7.10.